The predicted molar refractivity (Wildman–Crippen MR) is 98.2 cm³/mol. The highest BCUT2D eigenvalue weighted by atomic mass is 35.5. The van der Waals surface area contributed by atoms with Crippen molar-refractivity contribution in [3.63, 3.8) is 0 Å². The third kappa shape index (κ3) is 5.01. The van der Waals surface area contributed by atoms with Crippen molar-refractivity contribution >= 4 is 40.7 Å². The Morgan fingerprint density at radius 2 is 1.84 bits per heavy atom. The van der Waals surface area contributed by atoms with Crippen LogP contribution in [-0.2, 0) is 6.42 Å². The fraction of sp³-hybridized carbons (Fsp3) is 0.118. The van der Waals surface area contributed by atoms with Gasteiger partial charge in [-0.1, -0.05) is 29.3 Å². The molecule has 2 N–H and O–H groups in total. The van der Waals surface area contributed by atoms with Crippen molar-refractivity contribution in [1.29, 1.82) is 0 Å². The second kappa shape index (κ2) is 8.09. The summed E-state index contributed by atoms with van der Waals surface area (Å²) in [5.41, 5.74) is 1.67. The summed E-state index contributed by atoms with van der Waals surface area (Å²) in [5, 5.41) is 15.2. The summed E-state index contributed by atoms with van der Waals surface area (Å²) in [6.07, 6.45) is 2.24. The van der Waals surface area contributed by atoms with Gasteiger partial charge in [-0.3, -0.25) is 0 Å². The lowest BCUT2D eigenvalue weighted by Crippen LogP contribution is -2.09. The monoisotopic (exact) mass is 377 g/mol. The number of rotatable bonds is 6. The number of hydrogen-bond acceptors (Lipinski definition) is 5. The summed E-state index contributed by atoms with van der Waals surface area (Å²) in [6, 6.07) is 11.3. The molecule has 0 radical (unpaired) electrons. The largest absolute Gasteiger partial charge is 0.368 e. The van der Waals surface area contributed by atoms with Gasteiger partial charge in [0.25, 0.3) is 0 Å². The van der Waals surface area contributed by atoms with E-state index in [-0.39, 0.29) is 5.82 Å². The second-order valence-corrected chi connectivity index (χ2v) is 6.05. The summed E-state index contributed by atoms with van der Waals surface area (Å²) in [7, 11) is 0. The minimum atomic E-state index is -0.305. The average molecular weight is 378 g/mol. The first kappa shape index (κ1) is 17.4. The third-order valence-corrected chi connectivity index (χ3v) is 3.96. The van der Waals surface area contributed by atoms with Gasteiger partial charge < -0.3 is 10.6 Å². The highest BCUT2D eigenvalue weighted by molar-refractivity contribution is 6.35. The number of halogens is 3. The summed E-state index contributed by atoms with van der Waals surface area (Å²) in [4.78, 5) is 4.31. The van der Waals surface area contributed by atoms with Crippen LogP contribution < -0.4 is 10.6 Å². The normalized spacial score (nSPS) is 10.5. The van der Waals surface area contributed by atoms with Gasteiger partial charge >= 0.3 is 0 Å². The lowest BCUT2D eigenvalue weighted by atomic mass is 10.1. The molecule has 0 bridgehead atoms. The van der Waals surface area contributed by atoms with Crippen LogP contribution in [0, 0.1) is 5.82 Å². The van der Waals surface area contributed by atoms with E-state index in [1.807, 2.05) is 6.07 Å². The van der Waals surface area contributed by atoms with Crippen molar-refractivity contribution in [2.75, 3.05) is 17.2 Å². The molecule has 0 saturated carbocycles. The topological polar surface area (TPSA) is 62.7 Å². The van der Waals surface area contributed by atoms with E-state index in [4.69, 9.17) is 23.2 Å². The lowest BCUT2D eigenvalue weighted by molar-refractivity contribution is 0.628. The van der Waals surface area contributed by atoms with Gasteiger partial charge in [-0.05, 0) is 48.4 Å². The van der Waals surface area contributed by atoms with Gasteiger partial charge in [0, 0.05) is 22.3 Å². The molecule has 0 aliphatic rings. The van der Waals surface area contributed by atoms with Gasteiger partial charge in [-0.2, -0.15) is 10.1 Å². The molecule has 2 aromatic carbocycles. The summed E-state index contributed by atoms with van der Waals surface area (Å²) in [5.74, 6) is 0.590. The SMILES string of the molecule is Fc1ccc(Nc2nncc(NCCc3ccc(Cl)cc3Cl)n2)cc1. The molecule has 0 unspecified atom stereocenters. The van der Waals surface area contributed by atoms with Crippen LogP contribution in [-0.4, -0.2) is 21.7 Å². The number of nitrogens with zero attached hydrogens (tertiary/aromatic N) is 3. The van der Waals surface area contributed by atoms with E-state index in [9.17, 15) is 4.39 Å². The number of benzene rings is 2. The molecule has 5 nitrogen and oxygen atoms in total. The highest BCUT2D eigenvalue weighted by Gasteiger charge is 2.04. The van der Waals surface area contributed by atoms with Gasteiger partial charge in [-0.15, -0.1) is 5.10 Å². The molecule has 0 spiro atoms. The maximum atomic E-state index is 12.9. The van der Waals surface area contributed by atoms with Crippen LogP contribution in [0.15, 0.2) is 48.7 Å². The van der Waals surface area contributed by atoms with E-state index in [1.54, 1.807) is 24.3 Å². The Morgan fingerprint density at radius 1 is 1.04 bits per heavy atom. The van der Waals surface area contributed by atoms with Crippen LogP contribution >= 0.6 is 23.2 Å². The molecular weight excluding hydrogens is 364 g/mol. The molecule has 128 valence electrons. The Hall–Kier alpha value is -2.44. The quantitative estimate of drug-likeness (QED) is 0.650. The van der Waals surface area contributed by atoms with E-state index in [0.717, 1.165) is 5.56 Å². The molecule has 1 heterocycles. The maximum absolute atomic E-state index is 12.9. The molecule has 0 fully saturated rings. The van der Waals surface area contributed by atoms with Gasteiger partial charge in [-0.25, -0.2) is 4.39 Å². The first-order valence-corrected chi connectivity index (χ1v) is 8.26. The number of nitrogens with one attached hydrogen (secondary N) is 2. The van der Waals surface area contributed by atoms with Crippen molar-refractivity contribution in [2.45, 2.75) is 6.42 Å². The van der Waals surface area contributed by atoms with Gasteiger partial charge in [0.15, 0.2) is 5.82 Å². The molecule has 3 rings (SSSR count). The van der Waals surface area contributed by atoms with Crippen LogP contribution in [0.2, 0.25) is 10.0 Å². The van der Waals surface area contributed by atoms with E-state index >= 15 is 0 Å². The van der Waals surface area contributed by atoms with E-state index < -0.39 is 0 Å². The summed E-state index contributed by atoms with van der Waals surface area (Å²) >= 11 is 12.0. The molecule has 1 aromatic heterocycles. The molecule has 8 heteroatoms. The number of aromatic nitrogens is 3. The Morgan fingerprint density at radius 3 is 2.60 bits per heavy atom. The summed E-state index contributed by atoms with van der Waals surface area (Å²) in [6.45, 7) is 0.621. The first-order valence-electron chi connectivity index (χ1n) is 7.50. The zero-order chi connectivity index (χ0) is 17.6. The Bertz CT molecular complexity index is 858. The Labute approximate surface area is 154 Å². The van der Waals surface area contributed by atoms with Crippen molar-refractivity contribution in [3.05, 3.63) is 70.1 Å². The molecule has 0 amide bonds. The van der Waals surface area contributed by atoms with Crippen molar-refractivity contribution < 1.29 is 4.39 Å². The average Bonchev–Trinajstić information content (AvgIpc) is 2.59. The Kier molecular flexibility index (Phi) is 5.63. The zero-order valence-electron chi connectivity index (χ0n) is 13.0. The lowest BCUT2D eigenvalue weighted by Gasteiger charge is -2.08. The zero-order valence-corrected chi connectivity index (χ0v) is 14.5. The molecule has 0 atom stereocenters. The molecular formula is C17H14Cl2FN5. The standard InChI is InChI=1S/C17H14Cl2FN5/c18-12-2-1-11(15(19)9-12)7-8-21-16-10-22-25-17(24-16)23-14-5-3-13(20)4-6-14/h1-6,9-10H,7-8H2,(H2,21,23,24,25). The second-order valence-electron chi connectivity index (χ2n) is 5.21. The van der Waals surface area contributed by atoms with Crippen LogP contribution in [0.25, 0.3) is 0 Å². The van der Waals surface area contributed by atoms with Crippen LogP contribution in [0.5, 0.6) is 0 Å². The molecule has 25 heavy (non-hydrogen) atoms. The van der Waals surface area contributed by atoms with Gasteiger partial charge in [0.2, 0.25) is 5.95 Å². The minimum Gasteiger partial charge on any atom is -0.368 e. The van der Waals surface area contributed by atoms with Crippen molar-refractivity contribution in [2.24, 2.45) is 0 Å². The predicted octanol–water partition coefficient (Wildman–Crippen LogP) is 4.72. The fourth-order valence-corrected chi connectivity index (χ4v) is 2.66. The number of hydrogen-bond donors (Lipinski definition) is 2. The molecule has 0 saturated heterocycles. The van der Waals surface area contributed by atoms with Crippen LogP contribution in [0.4, 0.5) is 21.8 Å². The molecule has 3 aromatic rings. The highest BCUT2D eigenvalue weighted by Crippen LogP contribution is 2.21. The summed E-state index contributed by atoms with van der Waals surface area (Å²) < 4.78 is 12.9. The van der Waals surface area contributed by atoms with E-state index in [0.29, 0.717) is 40.5 Å². The minimum absolute atomic E-state index is 0.305. The number of anilines is 3. The fourth-order valence-electron chi connectivity index (χ4n) is 2.15. The van der Waals surface area contributed by atoms with Crippen LogP contribution in [0.3, 0.4) is 0 Å². The molecule has 0 aliphatic heterocycles. The maximum Gasteiger partial charge on any atom is 0.249 e. The first-order chi connectivity index (χ1) is 12.1. The van der Waals surface area contributed by atoms with Gasteiger partial charge in [0.05, 0.1) is 6.20 Å². The Balaban J connectivity index is 1.59. The van der Waals surface area contributed by atoms with E-state index in [2.05, 4.69) is 25.8 Å². The van der Waals surface area contributed by atoms with E-state index in [1.165, 1.54) is 18.3 Å². The molecule has 0 aliphatic carbocycles. The van der Waals surface area contributed by atoms with Crippen LogP contribution in [0.1, 0.15) is 5.56 Å². The van der Waals surface area contributed by atoms with Crippen molar-refractivity contribution in [1.82, 2.24) is 15.2 Å². The smallest absolute Gasteiger partial charge is 0.249 e. The van der Waals surface area contributed by atoms with Crippen molar-refractivity contribution in [3.8, 4) is 0 Å². The van der Waals surface area contributed by atoms with Gasteiger partial charge in [0.1, 0.15) is 5.82 Å². The third-order valence-electron chi connectivity index (χ3n) is 3.37.